The minimum absolute atomic E-state index is 0.389. The Morgan fingerprint density at radius 3 is 2.31 bits per heavy atom. The number of carbonyl (C=O) groups excluding carboxylic acids is 1. The number of hydrogen-bond acceptors (Lipinski definition) is 6. The number of anilines is 2. The van der Waals surface area contributed by atoms with Crippen molar-refractivity contribution in [2.45, 2.75) is 19.4 Å². The third-order valence-corrected chi connectivity index (χ3v) is 6.09. The largest absolute Gasteiger partial charge is 0.496 e. The minimum atomic E-state index is -1.19. The van der Waals surface area contributed by atoms with Gasteiger partial charge in [-0.2, -0.15) is 0 Å². The van der Waals surface area contributed by atoms with Crippen LogP contribution >= 0.6 is 0 Å². The van der Waals surface area contributed by atoms with E-state index in [0.29, 0.717) is 17.0 Å². The lowest BCUT2D eigenvalue weighted by molar-refractivity contribution is 0.0237. The number of carbonyl (C=O) groups is 1. The molecule has 1 atom stereocenters. The maximum atomic E-state index is 13.0. The van der Waals surface area contributed by atoms with Crippen molar-refractivity contribution in [3.05, 3.63) is 83.2 Å². The topological polar surface area (TPSA) is 54.9 Å². The second kappa shape index (κ2) is 8.54. The van der Waals surface area contributed by atoms with Gasteiger partial charge in [-0.15, -0.1) is 0 Å². The molecular formula is C26H29N3O3. The zero-order valence-electron chi connectivity index (χ0n) is 19.3. The molecule has 6 heteroatoms. The number of methoxy groups -OCH3 is 1. The number of nitrogens with zero attached hydrogens (tertiary/aromatic N) is 3. The lowest BCUT2D eigenvalue weighted by Gasteiger charge is -2.31. The van der Waals surface area contributed by atoms with Crippen LogP contribution in [-0.4, -0.2) is 45.2 Å². The van der Waals surface area contributed by atoms with Crippen molar-refractivity contribution in [2.75, 3.05) is 44.1 Å². The van der Waals surface area contributed by atoms with E-state index in [1.54, 1.807) is 25.4 Å². The van der Waals surface area contributed by atoms with Crippen LogP contribution in [0.25, 0.3) is 0 Å². The Morgan fingerprint density at radius 2 is 1.69 bits per heavy atom. The summed E-state index contributed by atoms with van der Waals surface area (Å²) in [7, 11) is 5.58. The van der Waals surface area contributed by atoms with E-state index in [1.165, 1.54) is 0 Å². The number of ether oxygens (including phenoxy) is 2. The monoisotopic (exact) mass is 431 g/mol. The van der Waals surface area contributed by atoms with E-state index in [-0.39, 0.29) is 5.97 Å². The third kappa shape index (κ3) is 3.36. The molecule has 0 N–H and O–H groups in total. The fraction of sp³-hybridized carbons (Fsp3) is 0.308. The van der Waals surface area contributed by atoms with E-state index < -0.39 is 5.60 Å². The second-order valence-corrected chi connectivity index (χ2v) is 7.97. The maximum Gasteiger partial charge on any atom is 0.341 e. The van der Waals surface area contributed by atoms with Gasteiger partial charge < -0.3 is 19.3 Å². The van der Waals surface area contributed by atoms with Crippen molar-refractivity contribution in [3.8, 4) is 5.75 Å². The molecule has 32 heavy (non-hydrogen) atoms. The third-order valence-electron chi connectivity index (χ3n) is 6.09. The van der Waals surface area contributed by atoms with E-state index >= 15 is 0 Å². The molecule has 0 aliphatic carbocycles. The Balaban J connectivity index is 1.96. The van der Waals surface area contributed by atoms with Crippen LogP contribution in [0.5, 0.6) is 5.75 Å². The smallest absolute Gasteiger partial charge is 0.341 e. The van der Waals surface area contributed by atoms with Crippen LogP contribution in [-0.2, 0) is 10.3 Å². The van der Waals surface area contributed by atoms with Crippen molar-refractivity contribution < 1.29 is 14.3 Å². The van der Waals surface area contributed by atoms with E-state index in [1.807, 2.05) is 49.3 Å². The highest BCUT2D eigenvalue weighted by Gasteiger charge is 2.51. The zero-order chi connectivity index (χ0) is 22.9. The highest BCUT2D eigenvalue weighted by Crippen LogP contribution is 2.49. The molecule has 0 radical (unpaired) electrons. The predicted octanol–water partition coefficient (Wildman–Crippen LogP) is 4.46. The number of rotatable bonds is 7. The standard InChI is InChI=1S/C26H29N3O3/c1-6-29(7-2)19-12-10-18(11-13-19)26(24-21(25(30)32-26)9-8-16-27-24)22-15-14-20(28(3)4)17-23(22)31-5/h8-17H,6-7H2,1-5H3. The molecule has 1 aliphatic rings. The molecule has 0 saturated heterocycles. The molecular weight excluding hydrogens is 402 g/mol. The van der Waals surface area contributed by atoms with Crippen molar-refractivity contribution in [2.24, 2.45) is 0 Å². The van der Waals surface area contributed by atoms with Crippen LogP contribution in [0, 0.1) is 0 Å². The van der Waals surface area contributed by atoms with Crippen LogP contribution in [0.3, 0.4) is 0 Å². The van der Waals surface area contributed by atoms with Gasteiger partial charge in [0.2, 0.25) is 5.60 Å². The first-order valence-corrected chi connectivity index (χ1v) is 10.9. The molecule has 2 heterocycles. The summed E-state index contributed by atoms with van der Waals surface area (Å²) in [5, 5.41) is 0. The molecule has 3 aromatic rings. The predicted molar refractivity (Wildman–Crippen MR) is 127 cm³/mol. The summed E-state index contributed by atoms with van der Waals surface area (Å²) >= 11 is 0. The molecule has 0 fully saturated rings. The summed E-state index contributed by atoms with van der Waals surface area (Å²) in [6, 6.07) is 17.6. The number of pyridine rings is 1. The first-order chi connectivity index (χ1) is 15.5. The van der Waals surface area contributed by atoms with Crippen molar-refractivity contribution in [3.63, 3.8) is 0 Å². The molecule has 1 unspecified atom stereocenters. The SMILES string of the molecule is CCN(CC)c1ccc(C2(c3ccc(N(C)C)cc3OC)OC(=O)c3cccnc32)cc1. The van der Waals surface area contributed by atoms with Crippen LogP contribution in [0.2, 0.25) is 0 Å². The zero-order valence-corrected chi connectivity index (χ0v) is 19.3. The molecule has 0 saturated carbocycles. The number of esters is 1. The van der Waals surface area contributed by atoms with Gasteiger partial charge in [-0.25, -0.2) is 4.79 Å². The Bertz CT molecular complexity index is 1120. The average molecular weight is 432 g/mol. The minimum Gasteiger partial charge on any atom is -0.496 e. The molecule has 2 aromatic carbocycles. The van der Waals surface area contributed by atoms with Gasteiger partial charge in [0, 0.05) is 61.9 Å². The van der Waals surface area contributed by atoms with E-state index in [0.717, 1.165) is 35.6 Å². The number of hydrogen-bond donors (Lipinski definition) is 0. The quantitative estimate of drug-likeness (QED) is 0.515. The first-order valence-electron chi connectivity index (χ1n) is 10.9. The summed E-state index contributed by atoms with van der Waals surface area (Å²) in [4.78, 5) is 21.8. The van der Waals surface area contributed by atoms with Crippen LogP contribution in [0.15, 0.2) is 60.8 Å². The summed E-state index contributed by atoms with van der Waals surface area (Å²) in [6.45, 7) is 6.10. The Labute approximate surface area is 189 Å². The highest BCUT2D eigenvalue weighted by molar-refractivity contribution is 5.95. The van der Waals surface area contributed by atoms with Gasteiger partial charge in [0.15, 0.2) is 0 Å². The van der Waals surface area contributed by atoms with Gasteiger partial charge in [-0.05, 0) is 50.2 Å². The summed E-state index contributed by atoms with van der Waals surface area (Å²) in [5.74, 6) is 0.245. The molecule has 4 rings (SSSR count). The molecule has 0 spiro atoms. The second-order valence-electron chi connectivity index (χ2n) is 7.97. The van der Waals surface area contributed by atoms with Gasteiger partial charge in [0.1, 0.15) is 11.4 Å². The number of cyclic esters (lactones) is 1. The lowest BCUT2D eigenvalue weighted by atomic mass is 9.82. The van der Waals surface area contributed by atoms with Crippen molar-refractivity contribution in [1.29, 1.82) is 0 Å². The van der Waals surface area contributed by atoms with Gasteiger partial charge in [-0.3, -0.25) is 4.98 Å². The number of benzene rings is 2. The summed E-state index contributed by atoms with van der Waals surface area (Å²) in [6.07, 6.45) is 1.69. The van der Waals surface area contributed by atoms with Gasteiger partial charge in [0.25, 0.3) is 0 Å². The van der Waals surface area contributed by atoms with Gasteiger partial charge in [-0.1, -0.05) is 12.1 Å². The molecule has 1 aromatic heterocycles. The van der Waals surface area contributed by atoms with Crippen molar-refractivity contribution >= 4 is 17.3 Å². The molecule has 0 amide bonds. The van der Waals surface area contributed by atoms with E-state index in [9.17, 15) is 4.79 Å². The maximum absolute atomic E-state index is 13.0. The van der Waals surface area contributed by atoms with Crippen LogP contribution in [0.4, 0.5) is 11.4 Å². The number of fused-ring (bicyclic) bond motifs is 1. The summed E-state index contributed by atoms with van der Waals surface area (Å²) < 4.78 is 12.0. The van der Waals surface area contributed by atoms with Crippen molar-refractivity contribution in [1.82, 2.24) is 4.98 Å². The van der Waals surface area contributed by atoms with Gasteiger partial charge in [0.05, 0.1) is 12.7 Å². The average Bonchev–Trinajstić information content (AvgIpc) is 3.13. The lowest BCUT2D eigenvalue weighted by Crippen LogP contribution is -2.31. The van der Waals surface area contributed by atoms with Crippen LogP contribution < -0.4 is 14.5 Å². The van der Waals surface area contributed by atoms with Gasteiger partial charge >= 0.3 is 5.97 Å². The molecule has 1 aliphatic heterocycles. The fourth-order valence-corrected chi connectivity index (χ4v) is 4.37. The Hall–Kier alpha value is -3.54. The molecule has 0 bridgehead atoms. The Kier molecular flexibility index (Phi) is 5.78. The first kappa shape index (κ1) is 21.7. The summed E-state index contributed by atoms with van der Waals surface area (Å²) in [5.41, 5.74) is 3.54. The van der Waals surface area contributed by atoms with Crippen LogP contribution in [0.1, 0.15) is 41.0 Å². The highest BCUT2D eigenvalue weighted by atomic mass is 16.6. The molecule has 6 nitrogen and oxygen atoms in total. The fourth-order valence-electron chi connectivity index (χ4n) is 4.37. The number of aromatic nitrogens is 1. The normalized spacial score (nSPS) is 17.0. The van der Waals surface area contributed by atoms with E-state index in [2.05, 4.69) is 35.9 Å². The Morgan fingerprint density at radius 1 is 1.00 bits per heavy atom. The van der Waals surface area contributed by atoms with E-state index in [4.69, 9.17) is 9.47 Å². The molecule has 166 valence electrons.